The van der Waals surface area contributed by atoms with Crippen molar-refractivity contribution in [2.24, 2.45) is 5.73 Å². The minimum atomic E-state index is -0.513. The zero-order valence-electron chi connectivity index (χ0n) is 11.7. The first-order chi connectivity index (χ1) is 9.13. The Hall–Kier alpha value is -0.910. The van der Waals surface area contributed by atoms with Gasteiger partial charge in [-0.3, -0.25) is 9.69 Å². The van der Waals surface area contributed by atoms with Crippen molar-refractivity contribution < 1.29 is 4.79 Å². The Morgan fingerprint density at radius 3 is 3.11 bits per heavy atom. The van der Waals surface area contributed by atoms with Gasteiger partial charge in [-0.15, -0.1) is 11.3 Å². The molecule has 1 aliphatic heterocycles. The van der Waals surface area contributed by atoms with Crippen LogP contribution < -0.4 is 5.73 Å². The molecule has 19 heavy (non-hydrogen) atoms. The summed E-state index contributed by atoms with van der Waals surface area (Å²) in [6.07, 6.45) is 2.41. The van der Waals surface area contributed by atoms with Crippen molar-refractivity contribution in [1.29, 1.82) is 0 Å². The molecule has 0 bridgehead atoms. The van der Waals surface area contributed by atoms with Gasteiger partial charge in [-0.2, -0.15) is 0 Å². The molecule has 0 radical (unpaired) electrons. The highest BCUT2D eigenvalue weighted by atomic mass is 32.1. The van der Waals surface area contributed by atoms with E-state index in [1.807, 2.05) is 24.6 Å². The molecule has 1 saturated heterocycles. The maximum Gasteiger partial charge on any atom is 0.244 e. The van der Waals surface area contributed by atoms with Gasteiger partial charge in [0, 0.05) is 24.5 Å². The normalized spacial score (nSPS) is 21.5. The number of likely N-dealkylation sites (tertiary alicyclic amines) is 1. The molecule has 1 aromatic heterocycles. The van der Waals surface area contributed by atoms with Gasteiger partial charge in [0.05, 0.1) is 0 Å². The molecule has 1 aromatic rings. The van der Waals surface area contributed by atoms with E-state index in [-0.39, 0.29) is 5.91 Å². The number of thiophene rings is 1. The second-order valence-corrected chi connectivity index (χ2v) is 6.12. The van der Waals surface area contributed by atoms with Crippen molar-refractivity contribution in [1.82, 2.24) is 9.80 Å². The molecule has 0 aromatic carbocycles. The number of nitrogens with two attached hydrogens (primary N) is 1. The minimum Gasteiger partial charge on any atom is -0.343 e. The molecule has 2 unspecified atom stereocenters. The van der Waals surface area contributed by atoms with Crippen LogP contribution in [0, 0.1) is 0 Å². The summed E-state index contributed by atoms with van der Waals surface area (Å²) in [5.41, 5.74) is 6.03. The van der Waals surface area contributed by atoms with E-state index in [9.17, 15) is 4.79 Å². The number of carbonyl (C=O) groups excluding carboxylic acids is 1. The van der Waals surface area contributed by atoms with Gasteiger partial charge in [0.1, 0.15) is 6.04 Å². The van der Waals surface area contributed by atoms with E-state index in [4.69, 9.17) is 5.73 Å². The SMILES string of the molecule is CCN1CCCC1CN(C)C(=O)C(N)c1cccs1. The fourth-order valence-electron chi connectivity index (χ4n) is 2.75. The molecule has 2 heterocycles. The Morgan fingerprint density at radius 1 is 1.68 bits per heavy atom. The Bertz CT molecular complexity index is 407. The first-order valence-corrected chi connectivity index (χ1v) is 7.79. The molecule has 2 N–H and O–H groups in total. The van der Waals surface area contributed by atoms with Crippen molar-refractivity contribution in [3.8, 4) is 0 Å². The number of hydrogen-bond donors (Lipinski definition) is 1. The first-order valence-electron chi connectivity index (χ1n) is 6.91. The van der Waals surface area contributed by atoms with Crippen LogP contribution in [0.4, 0.5) is 0 Å². The molecular formula is C14H23N3OS. The van der Waals surface area contributed by atoms with Crippen molar-refractivity contribution in [2.75, 3.05) is 26.7 Å². The molecule has 0 aliphatic carbocycles. The summed E-state index contributed by atoms with van der Waals surface area (Å²) in [4.78, 5) is 17.5. The molecular weight excluding hydrogens is 258 g/mol. The predicted octanol–water partition coefficient (Wildman–Crippen LogP) is 1.69. The van der Waals surface area contributed by atoms with E-state index in [1.165, 1.54) is 12.8 Å². The van der Waals surface area contributed by atoms with Gasteiger partial charge in [0.2, 0.25) is 5.91 Å². The van der Waals surface area contributed by atoms with Gasteiger partial charge in [0.25, 0.3) is 0 Å². The average Bonchev–Trinajstić information content (AvgIpc) is 3.07. The monoisotopic (exact) mass is 281 g/mol. The predicted molar refractivity (Wildman–Crippen MR) is 79.2 cm³/mol. The standard InChI is InChI=1S/C14H23N3OS/c1-3-17-8-4-6-11(17)10-16(2)14(18)13(15)12-7-5-9-19-12/h5,7,9,11,13H,3-4,6,8,10,15H2,1-2H3. The van der Waals surface area contributed by atoms with Crippen LogP contribution in [0.3, 0.4) is 0 Å². The fraction of sp³-hybridized carbons (Fsp3) is 0.643. The Morgan fingerprint density at radius 2 is 2.47 bits per heavy atom. The number of nitrogens with zero attached hydrogens (tertiary/aromatic N) is 2. The number of rotatable bonds is 5. The van der Waals surface area contributed by atoms with E-state index < -0.39 is 6.04 Å². The maximum atomic E-state index is 12.3. The summed E-state index contributed by atoms with van der Waals surface area (Å²) in [5.74, 6) is 0.0189. The van der Waals surface area contributed by atoms with Crippen LogP contribution in [0.25, 0.3) is 0 Å². The Kier molecular flexibility index (Phi) is 4.96. The maximum absolute atomic E-state index is 12.3. The van der Waals surface area contributed by atoms with Gasteiger partial charge in [-0.05, 0) is 37.4 Å². The summed E-state index contributed by atoms with van der Waals surface area (Å²) in [5, 5.41) is 1.96. The van der Waals surface area contributed by atoms with Crippen LogP contribution in [0.1, 0.15) is 30.7 Å². The van der Waals surface area contributed by atoms with Crippen LogP contribution in [-0.4, -0.2) is 48.4 Å². The summed E-state index contributed by atoms with van der Waals surface area (Å²) in [6.45, 7) is 5.17. The lowest BCUT2D eigenvalue weighted by atomic mass is 10.1. The number of hydrogen-bond acceptors (Lipinski definition) is 4. The third kappa shape index (κ3) is 3.35. The fourth-order valence-corrected chi connectivity index (χ4v) is 3.47. The lowest BCUT2D eigenvalue weighted by Gasteiger charge is -2.29. The van der Waals surface area contributed by atoms with E-state index in [0.29, 0.717) is 6.04 Å². The highest BCUT2D eigenvalue weighted by Crippen LogP contribution is 2.21. The Balaban J connectivity index is 1.92. The third-order valence-corrected chi connectivity index (χ3v) is 4.84. The zero-order chi connectivity index (χ0) is 13.8. The van der Waals surface area contributed by atoms with Crippen molar-refractivity contribution in [3.63, 3.8) is 0 Å². The molecule has 1 aliphatic rings. The zero-order valence-corrected chi connectivity index (χ0v) is 12.5. The van der Waals surface area contributed by atoms with Gasteiger partial charge in [0.15, 0.2) is 0 Å². The quantitative estimate of drug-likeness (QED) is 0.893. The summed E-state index contributed by atoms with van der Waals surface area (Å²) in [7, 11) is 1.86. The van der Waals surface area contributed by atoms with Crippen molar-refractivity contribution in [2.45, 2.75) is 31.8 Å². The van der Waals surface area contributed by atoms with Crippen molar-refractivity contribution >= 4 is 17.2 Å². The topological polar surface area (TPSA) is 49.6 Å². The molecule has 106 valence electrons. The smallest absolute Gasteiger partial charge is 0.244 e. The van der Waals surface area contributed by atoms with Gasteiger partial charge >= 0.3 is 0 Å². The van der Waals surface area contributed by atoms with Crippen LogP contribution in [0.5, 0.6) is 0 Å². The van der Waals surface area contributed by atoms with Crippen LogP contribution in [-0.2, 0) is 4.79 Å². The summed E-state index contributed by atoms with van der Waals surface area (Å²) in [6, 6.07) is 3.84. The first kappa shape index (κ1) is 14.5. The van der Waals surface area contributed by atoms with E-state index in [2.05, 4.69) is 11.8 Å². The van der Waals surface area contributed by atoms with E-state index in [1.54, 1.807) is 16.2 Å². The molecule has 1 amide bonds. The molecule has 2 atom stereocenters. The largest absolute Gasteiger partial charge is 0.343 e. The van der Waals surface area contributed by atoms with E-state index in [0.717, 1.165) is 24.5 Å². The van der Waals surface area contributed by atoms with Crippen LogP contribution in [0.2, 0.25) is 0 Å². The highest BCUT2D eigenvalue weighted by Gasteiger charge is 2.27. The number of likely N-dealkylation sites (N-methyl/N-ethyl adjacent to an activating group) is 2. The number of carbonyl (C=O) groups is 1. The van der Waals surface area contributed by atoms with Crippen molar-refractivity contribution in [3.05, 3.63) is 22.4 Å². The van der Waals surface area contributed by atoms with Gasteiger partial charge < -0.3 is 10.6 Å². The van der Waals surface area contributed by atoms with Gasteiger partial charge in [-0.1, -0.05) is 13.0 Å². The molecule has 0 spiro atoms. The lowest BCUT2D eigenvalue weighted by molar-refractivity contribution is -0.132. The highest BCUT2D eigenvalue weighted by molar-refractivity contribution is 7.10. The molecule has 5 heteroatoms. The molecule has 2 rings (SSSR count). The second-order valence-electron chi connectivity index (χ2n) is 5.14. The summed E-state index contributed by atoms with van der Waals surface area (Å²) < 4.78 is 0. The molecule has 4 nitrogen and oxygen atoms in total. The van der Waals surface area contributed by atoms with Crippen LogP contribution >= 0.6 is 11.3 Å². The minimum absolute atomic E-state index is 0.0189. The Labute approximate surface area is 119 Å². The lowest BCUT2D eigenvalue weighted by Crippen LogP contribution is -2.44. The van der Waals surface area contributed by atoms with E-state index >= 15 is 0 Å². The average molecular weight is 281 g/mol. The summed E-state index contributed by atoms with van der Waals surface area (Å²) >= 11 is 1.54. The molecule has 1 fully saturated rings. The second kappa shape index (κ2) is 6.50. The van der Waals surface area contributed by atoms with Gasteiger partial charge in [-0.25, -0.2) is 0 Å². The number of amides is 1. The molecule has 0 saturated carbocycles. The third-order valence-electron chi connectivity index (χ3n) is 3.88. The van der Waals surface area contributed by atoms with Crippen LogP contribution in [0.15, 0.2) is 17.5 Å².